The molecule has 0 saturated heterocycles. The molecule has 0 atom stereocenters. The first kappa shape index (κ1) is 15.7. The summed E-state index contributed by atoms with van der Waals surface area (Å²) in [5.41, 5.74) is 2.32. The number of ether oxygens (including phenoxy) is 2. The summed E-state index contributed by atoms with van der Waals surface area (Å²) in [6, 6.07) is 17.2. The quantitative estimate of drug-likeness (QED) is 0.705. The Labute approximate surface area is 139 Å². The minimum atomic E-state index is -0.500. The molecule has 0 spiro atoms. The zero-order valence-electron chi connectivity index (χ0n) is 13.2. The molecule has 122 valence electrons. The summed E-state index contributed by atoms with van der Waals surface area (Å²) < 4.78 is 10.8. The van der Waals surface area contributed by atoms with Crippen LogP contribution in [0, 0.1) is 0 Å². The van der Waals surface area contributed by atoms with Crippen LogP contribution in [0.4, 0.5) is 0 Å². The third kappa shape index (κ3) is 3.43. The van der Waals surface area contributed by atoms with Gasteiger partial charge in [-0.15, -0.1) is 5.10 Å². The van der Waals surface area contributed by atoms with Crippen molar-refractivity contribution in [3.63, 3.8) is 0 Å². The minimum absolute atomic E-state index is 0.170. The van der Waals surface area contributed by atoms with Gasteiger partial charge in [-0.25, -0.2) is 4.79 Å². The van der Waals surface area contributed by atoms with Gasteiger partial charge in [0.2, 0.25) is 0 Å². The van der Waals surface area contributed by atoms with Gasteiger partial charge in [0.05, 0.1) is 6.61 Å². The number of benzene rings is 2. The van der Waals surface area contributed by atoms with Crippen LogP contribution < -0.4 is 4.74 Å². The van der Waals surface area contributed by atoms with Crippen molar-refractivity contribution in [2.45, 2.75) is 13.5 Å². The van der Waals surface area contributed by atoms with Crippen LogP contribution in [0.25, 0.3) is 11.3 Å². The highest BCUT2D eigenvalue weighted by Crippen LogP contribution is 2.25. The molecule has 0 radical (unpaired) electrons. The third-order valence-corrected chi connectivity index (χ3v) is 3.43. The second kappa shape index (κ2) is 7.41. The van der Waals surface area contributed by atoms with Gasteiger partial charge in [-0.1, -0.05) is 42.5 Å². The van der Waals surface area contributed by atoms with Crippen LogP contribution in [-0.4, -0.2) is 28.0 Å². The molecule has 6 nitrogen and oxygen atoms in total. The largest absolute Gasteiger partial charge is 0.489 e. The summed E-state index contributed by atoms with van der Waals surface area (Å²) in [4.78, 5) is 12.0. The maximum absolute atomic E-state index is 12.0. The lowest BCUT2D eigenvalue weighted by molar-refractivity contribution is 0.0520. The molecule has 1 aromatic heterocycles. The van der Waals surface area contributed by atoms with E-state index < -0.39 is 5.97 Å². The summed E-state index contributed by atoms with van der Waals surface area (Å²) in [7, 11) is 0. The molecule has 0 saturated carbocycles. The number of para-hydroxylation sites is 1. The molecule has 0 aliphatic heterocycles. The average molecular weight is 323 g/mol. The van der Waals surface area contributed by atoms with E-state index in [0.717, 1.165) is 16.9 Å². The van der Waals surface area contributed by atoms with Crippen molar-refractivity contribution < 1.29 is 14.3 Å². The molecule has 3 rings (SSSR count). The highest BCUT2D eigenvalue weighted by Gasteiger charge is 2.20. The summed E-state index contributed by atoms with van der Waals surface area (Å²) >= 11 is 0. The van der Waals surface area contributed by atoms with Gasteiger partial charge in [0.1, 0.15) is 18.1 Å². The Morgan fingerprint density at radius 2 is 1.79 bits per heavy atom. The fourth-order valence-electron chi connectivity index (χ4n) is 2.32. The lowest BCUT2D eigenvalue weighted by Gasteiger charge is -2.10. The third-order valence-electron chi connectivity index (χ3n) is 3.43. The van der Waals surface area contributed by atoms with E-state index in [1.807, 2.05) is 54.6 Å². The topological polar surface area (TPSA) is 77.1 Å². The molecular formula is C18H17N3O3. The predicted molar refractivity (Wildman–Crippen MR) is 88.5 cm³/mol. The van der Waals surface area contributed by atoms with Crippen LogP contribution in [0.3, 0.4) is 0 Å². The van der Waals surface area contributed by atoms with Gasteiger partial charge in [-0.2, -0.15) is 10.3 Å². The van der Waals surface area contributed by atoms with Gasteiger partial charge in [0.25, 0.3) is 0 Å². The van der Waals surface area contributed by atoms with Crippen molar-refractivity contribution in [1.29, 1.82) is 0 Å². The van der Waals surface area contributed by atoms with Crippen molar-refractivity contribution in [1.82, 2.24) is 15.4 Å². The van der Waals surface area contributed by atoms with Crippen molar-refractivity contribution in [2.75, 3.05) is 6.61 Å². The number of aromatic amines is 1. The van der Waals surface area contributed by atoms with E-state index >= 15 is 0 Å². The number of carbonyl (C=O) groups excluding carboxylic acids is 1. The Hall–Kier alpha value is -3.15. The van der Waals surface area contributed by atoms with E-state index in [0.29, 0.717) is 12.3 Å². The summed E-state index contributed by atoms with van der Waals surface area (Å²) in [6.45, 7) is 2.39. The summed E-state index contributed by atoms with van der Waals surface area (Å²) in [6.07, 6.45) is 0. The van der Waals surface area contributed by atoms with E-state index in [2.05, 4.69) is 15.4 Å². The lowest BCUT2D eigenvalue weighted by Crippen LogP contribution is -2.07. The zero-order valence-corrected chi connectivity index (χ0v) is 13.2. The van der Waals surface area contributed by atoms with Crippen molar-refractivity contribution in [3.05, 3.63) is 65.9 Å². The number of hydrogen-bond donors (Lipinski definition) is 1. The Kier molecular flexibility index (Phi) is 4.86. The molecule has 2 aromatic carbocycles. The zero-order chi connectivity index (χ0) is 16.8. The van der Waals surface area contributed by atoms with Gasteiger partial charge < -0.3 is 9.47 Å². The van der Waals surface area contributed by atoms with Crippen LogP contribution in [-0.2, 0) is 11.3 Å². The van der Waals surface area contributed by atoms with Gasteiger partial charge >= 0.3 is 5.97 Å². The highest BCUT2D eigenvalue weighted by atomic mass is 16.5. The monoisotopic (exact) mass is 323 g/mol. The summed E-state index contributed by atoms with van der Waals surface area (Å²) in [5, 5.41) is 10.5. The second-order valence-electron chi connectivity index (χ2n) is 5.00. The second-order valence-corrected chi connectivity index (χ2v) is 5.00. The van der Waals surface area contributed by atoms with Gasteiger partial charge in [-0.3, -0.25) is 0 Å². The molecule has 0 unspecified atom stereocenters. The SMILES string of the molecule is CCOC(=O)c1n[nH]nc1-c1ccccc1COc1ccccc1. The average Bonchev–Trinajstić information content (AvgIpc) is 3.11. The molecule has 24 heavy (non-hydrogen) atoms. The number of aromatic nitrogens is 3. The molecule has 0 bridgehead atoms. The van der Waals surface area contributed by atoms with E-state index in [9.17, 15) is 4.79 Å². The van der Waals surface area contributed by atoms with Crippen LogP contribution >= 0.6 is 0 Å². The van der Waals surface area contributed by atoms with Crippen molar-refractivity contribution >= 4 is 5.97 Å². The van der Waals surface area contributed by atoms with Crippen molar-refractivity contribution in [3.8, 4) is 17.0 Å². The molecular weight excluding hydrogens is 306 g/mol. The van der Waals surface area contributed by atoms with Crippen LogP contribution in [0.2, 0.25) is 0 Å². The molecule has 0 aliphatic carbocycles. The van der Waals surface area contributed by atoms with E-state index in [1.165, 1.54) is 0 Å². The molecule has 0 fully saturated rings. The van der Waals surface area contributed by atoms with Gasteiger partial charge in [0, 0.05) is 5.56 Å². The first-order valence-corrected chi connectivity index (χ1v) is 7.63. The number of hydrogen-bond acceptors (Lipinski definition) is 5. The van der Waals surface area contributed by atoms with Crippen LogP contribution in [0.15, 0.2) is 54.6 Å². The Bertz CT molecular complexity index is 815. The normalized spacial score (nSPS) is 10.4. The van der Waals surface area contributed by atoms with E-state index in [1.54, 1.807) is 6.92 Å². The fraction of sp³-hybridized carbons (Fsp3) is 0.167. The number of H-pyrrole nitrogens is 1. The predicted octanol–water partition coefficient (Wildman–Crippen LogP) is 3.23. The molecule has 0 amide bonds. The molecule has 1 N–H and O–H groups in total. The van der Waals surface area contributed by atoms with Gasteiger partial charge in [-0.05, 0) is 24.6 Å². The lowest BCUT2D eigenvalue weighted by atomic mass is 10.0. The van der Waals surface area contributed by atoms with Crippen LogP contribution in [0.1, 0.15) is 23.0 Å². The Morgan fingerprint density at radius 3 is 2.58 bits per heavy atom. The summed E-state index contributed by atoms with van der Waals surface area (Å²) in [5.74, 6) is 0.276. The Morgan fingerprint density at radius 1 is 1.04 bits per heavy atom. The number of rotatable bonds is 6. The van der Waals surface area contributed by atoms with E-state index in [-0.39, 0.29) is 12.3 Å². The standard InChI is InChI=1S/C18H17N3O3/c1-2-23-18(22)17-16(19-21-20-17)15-11-7-6-8-13(15)12-24-14-9-4-3-5-10-14/h3-11H,2,12H2,1H3,(H,19,20,21). The maximum atomic E-state index is 12.0. The first-order valence-electron chi connectivity index (χ1n) is 7.63. The minimum Gasteiger partial charge on any atom is -0.489 e. The Balaban J connectivity index is 1.87. The molecule has 0 aliphatic rings. The molecule has 6 heteroatoms. The number of nitrogens with one attached hydrogen (secondary N) is 1. The van der Waals surface area contributed by atoms with Crippen molar-refractivity contribution in [2.24, 2.45) is 0 Å². The first-order chi connectivity index (χ1) is 11.8. The maximum Gasteiger partial charge on any atom is 0.361 e. The van der Waals surface area contributed by atoms with Gasteiger partial charge in [0.15, 0.2) is 5.69 Å². The number of carbonyl (C=O) groups is 1. The van der Waals surface area contributed by atoms with Crippen LogP contribution in [0.5, 0.6) is 5.75 Å². The molecule has 1 heterocycles. The number of esters is 1. The molecule has 3 aromatic rings. The fourth-order valence-corrected chi connectivity index (χ4v) is 2.32. The highest BCUT2D eigenvalue weighted by molar-refractivity contribution is 5.94. The smallest absolute Gasteiger partial charge is 0.361 e. The number of nitrogens with zero attached hydrogens (tertiary/aromatic N) is 2. The van der Waals surface area contributed by atoms with E-state index in [4.69, 9.17) is 9.47 Å².